The van der Waals surface area contributed by atoms with E-state index in [4.69, 9.17) is 0 Å². The van der Waals surface area contributed by atoms with E-state index in [0.717, 1.165) is 32.1 Å². The first-order valence-corrected chi connectivity index (χ1v) is 5.47. The average molecular weight is 214 g/mol. The van der Waals surface area contributed by atoms with Crippen LogP contribution in [0.2, 0.25) is 0 Å². The van der Waals surface area contributed by atoms with Crippen molar-refractivity contribution >= 4 is 11.9 Å². The quantitative estimate of drug-likeness (QED) is 0.429. The predicted octanol–water partition coefficient (Wildman–Crippen LogP) is 1.41. The number of rotatable bonds is 2. The zero-order valence-corrected chi connectivity index (χ0v) is 9.07. The van der Waals surface area contributed by atoms with Gasteiger partial charge in [-0.25, -0.2) is 0 Å². The van der Waals surface area contributed by atoms with Crippen LogP contribution in [0.3, 0.4) is 0 Å². The summed E-state index contributed by atoms with van der Waals surface area (Å²) in [6.07, 6.45) is 4.36. The summed E-state index contributed by atoms with van der Waals surface area (Å²) in [5, 5.41) is 9.42. The number of carbonyl (C=O) groups excluding carboxylic acids is 2. The molecule has 2 unspecified atom stereocenters. The summed E-state index contributed by atoms with van der Waals surface area (Å²) in [6.45, 7) is 1.23. The van der Waals surface area contributed by atoms with E-state index in [-0.39, 0.29) is 12.0 Å². The molecule has 86 valence electrons. The fourth-order valence-electron chi connectivity index (χ4n) is 2.00. The Morgan fingerprint density at radius 1 is 1.27 bits per heavy atom. The molecule has 1 rings (SSSR count). The van der Waals surface area contributed by atoms with Gasteiger partial charge in [0, 0.05) is 13.3 Å². The summed E-state index contributed by atoms with van der Waals surface area (Å²) in [4.78, 5) is 21.7. The van der Waals surface area contributed by atoms with Gasteiger partial charge >= 0.3 is 11.9 Å². The summed E-state index contributed by atoms with van der Waals surface area (Å²) < 4.78 is 4.48. The fraction of sp³-hybridized carbons (Fsp3) is 0.818. The molecule has 1 aliphatic carbocycles. The Hall–Kier alpha value is -0.900. The van der Waals surface area contributed by atoms with Gasteiger partial charge in [-0.1, -0.05) is 6.42 Å². The van der Waals surface area contributed by atoms with Gasteiger partial charge in [0.25, 0.3) is 0 Å². The van der Waals surface area contributed by atoms with E-state index >= 15 is 0 Å². The molecule has 1 N–H and O–H groups in total. The van der Waals surface area contributed by atoms with Crippen LogP contribution < -0.4 is 0 Å². The van der Waals surface area contributed by atoms with Crippen molar-refractivity contribution in [2.45, 2.75) is 51.6 Å². The van der Waals surface area contributed by atoms with Gasteiger partial charge in [-0.3, -0.25) is 9.59 Å². The molecule has 15 heavy (non-hydrogen) atoms. The van der Waals surface area contributed by atoms with Crippen molar-refractivity contribution in [2.75, 3.05) is 0 Å². The first-order chi connectivity index (χ1) is 7.08. The van der Waals surface area contributed by atoms with Gasteiger partial charge in [0.2, 0.25) is 0 Å². The van der Waals surface area contributed by atoms with Crippen molar-refractivity contribution in [3.8, 4) is 0 Å². The first kappa shape index (κ1) is 12.2. The second-order valence-electron chi connectivity index (χ2n) is 4.20. The van der Waals surface area contributed by atoms with Crippen molar-refractivity contribution in [3.05, 3.63) is 0 Å². The van der Waals surface area contributed by atoms with Crippen molar-refractivity contribution in [2.24, 2.45) is 5.92 Å². The van der Waals surface area contributed by atoms with E-state index in [0.29, 0.717) is 6.42 Å². The van der Waals surface area contributed by atoms with E-state index in [2.05, 4.69) is 4.74 Å². The van der Waals surface area contributed by atoms with E-state index in [9.17, 15) is 14.7 Å². The smallest absolute Gasteiger partial charge is 0.313 e. The molecule has 0 radical (unpaired) electrons. The zero-order valence-electron chi connectivity index (χ0n) is 9.07. The molecule has 0 aromatic carbocycles. The van der Waals surface area contributed by atoms with Gasteiger partial charge in [0.1, 0.15) is 0 Å². The van der Waals surface area contributed by atoms with Crippen molar-refractivity contribution in [1.82, 2.24) is 0 Å². The molecule has 0 aromatic heterocycles. The fourth-order valence-corrected chi connectivity index (χ4v) is 2.00. The van der Waals surface area contributed by atoms with Crippen LogP contribution in [-0.4, -0.2) is 23.1 Å². The maximum Gasteiger partial charge on any atom is 0.313 e. The minimum atomic E-state index is -0.548. The second-order valence-corrected chi connectivity index (χ2v) is 4.20. The first-order valence-electron chi connectivity index (χ1n) is 5.47. The van der Waals surface area contributed by atoms with Gasteiger partial charge < -0.3 is 9.84 Å². The normalized spacial score (nSPS) is 26.8. The molecule has 0 amide bonds. The Labute approximate surface area is 89.6 Å². The van der Waals surface area contributed by atoms with Crippen LogP contribution in [0.25, 0.3) is 0 Å². The van der Waals surface area contributed by atoms with E-state index in [1.54, 1.807) is 0 Å². The van der Waals surface area contributed by atoms with Crippen LogP contribution in [0.4, 0.5) is 0 Å². The summed E-state index contributed by atoms with van der Waals surface area (Å²) in [5.74, 6) is -0.730. The molecule has 1 fully saturated rings. The zero-order chi connectivity index (χ0) is 11.3. The Balaban J connectivity index is 2.31. The Morgan fingerprint density at radius 2 is 2.00 bits per heavy atom. The van der Waals surface area contributed by atoms with Crippen molar-refractivity contribution in [3.63, 3.8) is 0 Å². The Kier molecular flexibility index (Phi) is 4.75. The van der Waals surface area contributed by atoms with Gasteiger partial charge in [0.05, 0.1) is 6.10 Å². The molecular weight excluding hydrogens is 196 g/mol. The maximum absolute atomic E-state index is 11.2. The summed E-state index contributed by atoms with van der Waals surface area (Å²) in [5.41, 5.74) is 0. The number of ether oxygens (including phenoxy) is 1. The molecule has 1 aliphatic rings. The van der Waals surface area contributed by atoms with E-state index < -0.39 is 11.9 Å². The summed E-state index contributed by atoms with van der Waals surface area (Å²) in [6, 6.07) is 0. The highest BCUT2D eigenvalue weighted by Crippen LogP contribution is 2.25. The number of aliphatic hydroxyl groups is 1. The standard InChI is InChI=1S/C11H18O4/c1-8(12)15-11(14)7-9-3-2-4-10(13)6-5-9/h9-10,13H,2-7H2,1H3. The minimum Gasteiger partial charge on any atom is -0.393 e. The second kappa shape index (κ2) is 5.85. The third kappa shape index (κ3) is 4.93. The third-order valence-electron chi connectivity index (χ3n) is 2.77. The number of hydrogen-bond donors (Lipinski definition) is 1. The number of carbonyl (C=O) groups is 2. The average Bonchev–Trinajstić information content (AvgIpc) is 2.29. The molecule has 4 heteroatoms. The molecule has 1 saturated carbocycles. The van der Waals surface area contributed by atoms with Gasteiger partial charge in [0.15, 0.2) is 0 Å². The predicted molar refractivity (Wildman–Crippen MR) is 54.0 cm³/mol. The SMILES string of the molecule is CC(=O)OC(=O)CC1CCCC(O)CC1. The van der Waals surface area contributed by atoms with E-state index in [1.807, 2.05) is 0 Å². The molecule has 0 bridgehead atoms. The third-order valence-corrected chi connectivity index (χ3v) is 2.77. The molecule has 0 heterocycles. The summed E-state index contributed by atoms with van der Waals surface area (Å²) >= 11 is 0. The molecule has 0 aliphatic heterocycles. The van der Waals surface area contributed by atoms with Crippen LogP contribution in [0, 0.1) is 5.92 Å². The molecule has 0 aromatic rings. The number of esters is 2. The highest BCUT2D eigenvalue weighted by atomic mass is 16.6. The largest absolute Gasteiger partial charge is 0.393 e. The van der Waals surface area contributed by atoms with Gasteiger partial charge in [-0.2, -0.15) is 0 Å². The topological polar surface area (TPSA) is 63.6 Å². The Morgan fingerprint density at radius 3 is 2.67 bits per heavy atom. The lowest BCUT2D eigenvalue weighted by Crippen LogP contribution is -2.14. The molecule has 0 saturated heterocycles. The molecule has 0 spiro atoms. The highest BCUT2D eigenvalue weighted by Gasteiger charge is 2.20. The Bertz CT molecular complexity index is 237. The van der Waals surface area contributed by atoms with Crippen LogP contribution in [0.1, 0.15) is 45.4 Å². The van der Waals surface area contributed by atoms with Crippen LogP contribution >= 0.6 is 0 Å². The lowest BCUT2D eigenvalue weighted by atomic mass is 9.97. The van der Waals surface area contributed by atoms with Crippen molar-refractivity contribution in [1.29, 1.82) is 0 Å². The van der Waals surface area contributed by atoms with E-state index in [1.165, 1.54) is 6.92 Å². The van der Waals surface area contributed by atoms with Crippen LogP contribution in [0.15, 0.2) is 0 Å². The van der Waals surface area contributed by atoms with Gasteiger partial charge in [-0.15, -0.1) is 0 Å². The monoisotopic (exact) mass is 214 g/mol. The highest BCUT2D eigenvalue weighted by molar-refractivity contribution is 5.84. The lowest BCUT2D eigenvalue weighted by Gasteiger charge is -2.11. The van der Waals surface area contributed by atoms with Crippen LogP contribution in [-0.2, 0) is 14.3 Å². The molecule has 4 nitrogen and oxygen atoms in total. The van der Waals surface area contributed by atoms with Crippen LogP contribution in [0.5, 0.6) is 0 Å². The molecule has 2 atom stereocenters. The minimum absolute atomic E-state index is 0.223. The van der Waals surface area contributed by atoms with Crippen molar-refractivity contribution < 1.29 is 19.4 Å². The van der Waals surface area contributed by atoms with Gasteiger partial charge in [-0.05, 0) is 31.6 Å². The lowest BCUT2D eigenvalue weighted by molar-refractivity contribution is -0.158. The number of aliphatic hydroxyl groups excluding tert-OH is 1. The molecular formula is C11H18O4. The maximum atomic E-state index is 11.2. The summed E-state index contributed by atoms with van der Waals surface area (Å²) in [7, 11) is 0. The number of hydrogen-bond acceptors (Lipinski definition) is 4.